The van der Waals surface area contributed by atoms with E-state index in [-0.39, 0.29) is 11.9 Å². The number of carbonyl (C=O) groups excluding carboxylic acids is 1. The first-order valence-corrected chi connectivity index (χ1v) is 6.18. The number of nitrogens with one attached hydrogen (secondary N) is 1. The molecule has 1 fully saturated rings. The summed E-state index contributed by atoms with van der Waals surface area (Å²) in [7, 11) is 1.57. The van der Waals surface area contributed by atoms with E-state index in [0.717, 1.165) is 6.54 Å². The minimum absolute atomic E-state index is 0.0913. The second-order valence-corrected chi connectivity index (χ2v) is 4.61. The van der Waals surface area contributed by atoms with Gasteiger partial charge in [0, 0.05) is 31.1 Å². The molecule has 0 aliphatic carbocycles. The Balaban J connectivity index is 2.15. The van der Waals surface area contributed by atoms with Crippen LogP contribution in [0.3, 0.4) is 0 Å². The van der Waals surface area contributed by atoms with E-state index in [4.69, 9.17) is 10.00 Å². The van der Waals surface area contributed by atoms with Crippen molar-refractivity contribution in [3.05, 3.63) is 16.3 Å². The highest BCUT2D eigenvalue weighted by Crippen LogP contribution is 2.23. The fourth-order valence-electron chi connectivity index (χ4n) is 1.74. The average Bonchev–Trinajstić information content (AvgIpc) is 2.86. The molecule has 0 aromatic carbocycles. The van der Waals surface area contributed by atoms with Crippen LogP contribution < -0.4 is 10.1 Å². The molecule has 5 nitrogen and oxygen atoms in total. The van der Waals surface area contributed by atoms with Crippen molar-refractivity contribution in [2.75, 3.05) is 26.7 Å². The van der Waals surface area contributed by atoms with Crippen molar-refractivity contribution in [1.29, 1.82) is 5.26 Å². The van der Waals surface area contributed by atoms with Crippen LogP contribution in [0.1, 0.15) is 9.67 Å². The topological polar surface area (TPSA) is 65.4 Å². The first kappa shape index (κ1) is 11.9. The summed E-state index contributed by atoms with van der Waals surface area (Å²) in [5.41, 5.74) is 0. The number of nitriles is 1. The molecule has 0 spiro atoms. The summed E-state index contributed by atoms with van der Waals surface area (Å²) in [6.07, 6.45) is 0. The number of piperazine rings is 1. The van der Waals surface area contributed by atoms with Gasteiger partial charge in [-0.05, 0) is 0 Å². The summed E-state index contributed by atoms with van der Waals surface area (Å²) in [5, 5.41) is 13.9. The minimum atomic E-state index is -0.385. The molecule has 0 radical (unpaired) electrons. The lowest BCUT2D eigenvalue weighted by Crippen LogP contribution is -2.52. The van der Waals surface area contributed by atoms with Gasteiger partial charge >= 0.3 is 0 Å². The van der Waals surface area contributed by atoms with Gasteiger partial charge < -0.3 is 15.0 Å². The molecular weight excluding hydrogens is 238 g/mol. The summed E-state index contributed by atoms with van der Waals surface area (Å²) in [5.74, 6) is 0.591. The van der Waals surface area contributed by atoms with Crippen molar-refractivity contribution >= 4 is 17.2 Å². The normalized spacial score (nSPS) is 19.8. The first-order valence-electron chi connectivity index (χ1n) is 5.30. The summed E-state index contributed by atoms with van der Waals surface area (Å²) in [4.78, 5) is 14.4. The van der Waals surface area contributed by atoms with Crippen LogP contribution in [0.5, 0.6) is 5.75 Å². The molecule has 1 aliphatic rings. The van der Waals surface area contributed by atoms with Gasteiger partial charge in [0.2, 0.25) is 0 Å². The summed E-state index contributed by atoms with van der Waals surface area (Å²) >= 11 is 1.34. The second kappa shape index (κ2) is 5.17. The summed E-state index contributed by atoms with van der Waals surface area (Å²) < 4.78 is 5.05. The van der Waals surface area contributed by atoms with Gasteiger partial charge in [0.05, 0.1) is 18.1 Å². The van der Waals surface area contributed by atoms with Gasteiger partial charge in [-0.1, -0.05) is 0 Å². The number of rotatable bonds is 2. The van der Waals surface area contributed by atoms with Gasteiger partial charge in [0.15, 0.2) is 0 Å². The van der Waals surface area contributed by atoms with Gasteiger partial charge in [0.25, 0.3) is 5.91 Å². The molecule has 90 valence electrons. The number of methoxy groups -OCH3 is 1. The third-order valence-electron chi connectivity index (χ3n) is 2.68. The lowest BCUT2D eigenvalue weighted by molar-refractivity contribution is 0.0692. The van der Waals surface area contributed by atoms with E-state index in [1.54, 1.807) is 23.5 Å². The third-order valence-corrected chi connectivity index (χ3v) is 3.57. The molecule has 1 aromatic heterocycles. The Bertz CT molecular complexity index is 452. The molecule has 2 heterocycles. The van der Waals surface area contributed by atoms with Gasteiger partial charge in [-0.15, -0.1) is 11.3 Å². The van der Waals surface area contributed by atoms with Gasteiger partial charge in [0.1, 0.15) is 11.8 Å². The molecule has 1 aromatic rings. The van der Waals surface area contributed by atoms with Crippen LogP contribution >= 0.6 is 11.3 Å². The highest BCUT2D eigenvalue weighted by molar-refractivity contribution is 7.12. The zero-order valence-electron chi connectivity index (χ0n) is 9.47. The Morgan fingerprint density at radius 3 is 3.24 bits per heavy atom. The standard InChI is InChI=1S/C11H13N3O2S/c1-16-9-4-10(17-7-9)11(15)14-3-2-13-6-8(14)5-12/h4,7-8,13H,2-3,6H2,1H3. The average molecular weight is 251 g/mol. The van der Waals surface area contributed by atoms with E-state index < -0.39 is 0 Å². The maximum atomic E-state index is 12.2. The Hall–Kier alpha value is -1.58. The lowest BCUT2D eigenvalue weighted by Gasteiger charge is -2.31. The molecule has 1 atom stereocenters. The molecule has 1 aliphatic heterocycles. The molecular formula is C11H13N3O2S. The van der Waals surface area contributed by atoms with Crippen molar-refractivity contribution in [2.24, 2.45) is 0 Å². The van der Waals surface area contributed by atoms with Crippen molar-refractivity contribution in [2.45, 2.75) is 6.04 Å². The van der Waals surface area contributed by atoms with E-state index in [0.29, 0.717) is 23.7 Å². The van der Waals surface area contributed by atoms with Crippen LogP contribution in [-0.4, -0.2) is 43.6 Å². The van der Waals surface area contributed by atoms with Gasteiger partial charge in [-0.3, -0.25) is 4.79 Å². The number of nitrogens with zero attached hydrogens (tertiary/aromatic N) is 2. The van der Waals surface area contributed by atoms with Gasteiger partial charge in [-0.25, -0.2) is 0 Å². The predicted octanol–water partition coefficient (Wildman–Crippen LogP) is 0.694. The minimum Gasteiger partial charge on any atom is -0.496 e. The second-order valence-electron chi connectivity index (χ2n) is 3.70. The van der Waals surface area contributed by atoms with E-state index in [1.165, 1.54) is 11.3 Å². The van der Waals surface area contributed by atoms with Crippen molar-refractivity contribution in [1.82, 2.24) is 10.2 Å². The highest BCUT2D eigenvalue weighted by Gasteiger charge is 2.27. The van der Waals surface area contributed by atoms with E-state index in [1.807, 2.05) is 0 Å². The first-order chi connectivity index (χ1) is 8.26. The number of ether oxygens (including phenoxy) is 1. The van der Waals surface area contributed by atoms with Crippen molar-refractivity contribution in [3.63, 3.8) is 0 Å². The zero-order valence-corrected chi connectivity index (χ0v) is 10.3. The Morgan fingerprint density at radius 2 is 2.59 bits per heavy atom. The largest absolute Gasteiger partial charge is 0.496 e. The molecule has 1 N–H and O–H groups in total. The quantitative estimate of drug-likeness (QED) is 0.840. The Morgan fingerprint density at radius 1 is 1.76 bits per heavy atom. The SMILES string of the molecule is COc1csc(C(=O)N2CCNCC2C#N)c1. The van der Waals surface area contributed by atoms with E-state index in [9.17, 15) is 4.79 Å². The van der Waals surface area contributed by atoms with E-state index in [2.05, 4.69) is 11.4 Å². The van der Waals surface area contributed by atoms with Crippen LogP contribution in [-0.2, 0) is 0 Å². The Labute approximate surface area is 104 Å². The fraction of sp³-hybridized carbons (Fsp3) is 0.455. The lowest BCUT2D eigenvalue weighted by atomic mass is 10.2. The number of hydrogen-bond acceptors (Lipinski definition) is 5. The number of hydrogen-bond donors (Lipinski definition) is 1. The zero-order chi connectivity index (χ0) is 12.3. The molecule has 2 rings (SSSR count). The van der Waals surface area contributed by atoms with Crippen LogP contribution in [0.15, 0.2) is 11.4 Å². The fourth-order valence-corrected chi connectivity index (χ4v) is 2.55. The highest BCUT2D eigenvalue weighted by atomic mass is 32.1. The summed E-state index contributed by atoms with van der Waals surface area (Å²) in [6.45, 7) is 1.83. The van der Waals surface area contributed by atoms with Crippen molar-refractivity contribution in [3.8, 4) is 11.8 Å². The smallest absolute Gasteiger partial charge is 0.265 e. The van der Waals surface area contributed by atoms with Crippen LogP contribution in [0, 0.1) is 11.3 Å². The molecule has 1 saturated heterocycles. The molecule has 17 heavy (non-hydrogen) atoms. The molecule has 0 bridgehead atoms. The van der Waals surface area contributed by atoms with Crippen LogP contribution in [0.25, 0.3) is 0 Å². The number of carbonyl (C=O) groups is 1. The van der Waals surface area contributed by atoms with Crippen molar-refractivity contribution < 1.29 is 9.53 Å². The maximum absolute atomic E-state index is 12.2. The number of thiophene rings is 1. The van der Waals surface area contributed by atoms with Crippen LogP contribution in [0.2, 0.25) is 0 Å². The summed E-state index contributed by atoms with van der Waals surface area (Å²) in [6, 6.07) is 3.47. The van der Waals surface area contributed by atoms with Gasteiger partial charge in [-0.2, -0.15) is 5.26 Å². The molecule has 0 saturated carbocycles. The molecule has 1 unspecified atom stereocenters. The maximum Gasteiger partial charge on any atom is 0.265 e. The Kier molecular flexibility index (Phi) is 3.61. The van der Waals surface area contributed by atoms with Crippen LogP contribution in [0.4, 0.5) is 0 Å². The predicted molar refractivity (Wildman–Crippen MR) is 64.2 cm³/mol. The third kappa shape index (κ3) is 2.40. The monoisotopic (exact) mass is 251 g/mol. The molecule has 1 amide bonds. The number of amides is 1. The van der Waals surface area contributed by atoms with E-state index >= 15 is 0 Å². The molecule has 6 heteroatoms.